The van der Waals surface area contributed by atoms with Crippen LogP contribution in [0.15, 0.2) is 16.8 Å². The molecule has 0 saturated carbocycles. The first-order chi connectivity index (χ1) is 6.43. The second-order valence-corrected chi connectivity index (χ2v) is 3.47. The highest BCUT2D eigenvalue weighted by atomic mass is 32.1. The summed E-state index contributed by atoms with van der Waals surface area (Å²) in [4.78, 5) is 0. The lowest BCUT2D eigenvalue weighted by atomic mass is 10.3. The second kappa shape index (κ2) is 7.06. The summed E-state index contributed by atoms with van der Waals surface area (Å²) in [7, 11) is 0. The van der Waals surface area contributed by atoms with Gasteiger partial charge in [-0.1, -0.05) is 0 Å². The van der Waals surface area contributed by atoms with Crippen molar-refractivity contribution in [3.63, 3.8) is 0 Å². The lowest BCUT2D eigenvalue weighted by molar-refractivity contribution is 0.0541. The van der Waals surface area contributed by atoms with Gasteiger partial charge in [0.2, 0.25) is 0 Å². The van der Waals surface area contributed by atoms with Crippen molar-refractivity contribution in [3.05, 3.63) is 22.4 Å². The Morgan fingerprint density at radius 1 is 1.23 bits per heavy atom. The molecule has 0 fully saturated rings. The molecule has 0 aliphatic rings. The van der Waals surface area contributed by atoms with Gasteiger partial charge in [-0.15, -0.1) is 0 Å². The molecule has 0 radical (unpaired) electrons. The highest BCUT2D eigenvalue weighted by Crippen LogP contribution is 2.06. The van der Waals surface area contributed by atoms with Gasteiger partial charge in [0.05, 0.1) is 19.8 Å². The molecule has 3 heteroatoms. The first-order valence-electron chi connectivity index (χ1n) is 4.60. The van der Waals surface area contributed by atoms with Crippen LogP contribution in [0.3, 0.4) is 0 Å². The molecule has 0 amide bonds. The predicted octanol–water partition coefficient (Wildman–Crippen LogP) is 2.34. The molecule has 0 saturated heterocycles. The zero-order chi connectivity index (χ0) is 9.36. The minimum atomic E-state index is 0.706. The topological polar surface area (TPSA) is 18.5 Å². The zero-order valence-electron chi connectivity index (χ0n) is 7.99. The van der Waals surface area contributed by atoms with Gasteiger partial charge >= 0.3 is 0 Å². The summed E-state index contributed by atoms with van der Waals surface area (Å²) in [6, 6.07) is 2.14. The first kappa shape index (κ1) is 10.7. The molecule has 0 bridgehead atoms. The monoisotopic (exact) mass is 200 g/mol. The molecule has 0 aliphatic heterocycles. The minimum Gasteiger partial charge on any atom is -0.379 e. The Balaban J connectivity index is 1.90. The summed E-state index contributed by atoms with van der Waals surface area (Å²) >= 11 is 1.73. The molecule has 2 nitrogen and oxygen atoms in total. The van der Waals surface area contributed by atoms with E-state index in [9.17, 15) is 0 Å². The molecule has 1 heterocycles. The average Bonchev–Trinajstić information content (AvgIpc) is 2.63. The van der Waals surface area contributed by atoms with Crippen LogP contribution in [0.5, 0.6) is 0 Å². The van der Waals surface area contributed by atoms with Gasteiger partial charge in [0.25, 0.3) is 0 Å². The van der Waals surface area contributed by atoms with Crippen molar-refractivity contribution >= 4 is 11.3 Å². The number of hydrogen-bond donors (Lipinski definition) is 0. The number of hydrogen-bond acceptors (Lipinski definition) is 3. The minimum absolute atomic E-state index is 0.706. The molecule has 1 aromatic rings. The molecule has 0 N–H and O–H groups in total. The zero-order valence-corrected chi connectivity index (χ0v) is 8.81. The Labute approximate surface area is 83.5 Å². The van der Waals surface area contributed by atoms with E-state index in [1.54, 1.807) is 11.3 Å². The van der Waals surface area contributed by atoms with Gasteiger partial charge in [-0.2, -0.15) is 11.3 Å². The van der Waals surface area contributed by atoms with Crippen LogP contribution in [0, 0.1) is 0 Å². The van der Waals surface area contributed by atoms with E-state index in [4.69, 9.17) is 9.47 Å². The van der Waals surface area contributed by atoms with Gasteiger partial charge in [0.1, 0.15) is 0 Å². The van der Waals surface area contributed by atoms with E-state index in [-0.39, 0.29) is 0 Å². The van der Waals surface area contributed by atoms with Crippen molar-refractivity contribution in [3.8, 4) is 0 Å². The molecule has 0 aromatic carbocycles. The lowest BCUT2D eigenvalue weighted by Crippen LogP contribution is -2.06. The van der Waals surface area contributed by atoms with Crippen molar-refractivity contribution in [2.75, 3.05) is 26.4 Å². The van der Waals surface area contributed by atoms with Gasteiger partial charge in [0.15, 0.2) is 0 Å². The van der Waals surface area contributed by atoms with E-state index in [0.717, 1.165) is 19.6 Å². The maximum atomic E-state index is 5.39. The van der Waals surface area contributed by atoms with E-state index in [1.165, 1.54) is 5.56 Å². The van der Waals surface area contributed by atoms with Crippen LogP contribution in [0.2, 0.25) is 0 Å². The SMILES string of the molecule is CCOCCOCCc1ccsc1. The van der Waals surface area contributed by atoms with Crippen LogP contribution in [0.25, 0.3) is 0 Å². The quantitative estimate of drug-likeness (QED) is 0.629. The summed E-state index contributed by atoms with van der Waals surface area (Å²) in [5, 5.41) is 4.25. The van der Waals surface area contributed by atoms with Crippen LogP contribution < -0.4 is 0 Å². The highest BCUT2D eigenvalue weighted by molar-refractivity contribution is 7.07. The third kappa shape index (κ3) is 5.03. The Kier molecular flexibility index (Phi) is 5.81. The Hall–Kier alpha value is -0.380. The van der Waals surface area contributed by atoms with Crippen LogP contribution in [-0.4, -0.2) is 26.4 Å². The van der Waals surface area contributed by atoms with Gasteiger partial charge in [-0.25, -0.2) is 0 Å². The third-order valence-corrected chi connectivity index (χ3v) is 2.42. The van der Waals surface area contributed by atoms with Gasteiger partial charge in [-0.05, 0) is 35.7 Å². The van der Waals surface area contributed by atoms with Crippen LogP contribution >= 0.6 is 11.3 Å². The Morgan fingerprint density at radius 3 is 2.77 bits per heavy atom. The summed E-state index contributed by atoms with van der Waals surface area (Å²) in [5.41, 5.74) is 1.36. The smallest absolute Gasteiger partial charge is 0.0700 e. The third-order valence-electron chi connectivity index (χ3n) is 1.69. The number of thiophene rings is 1. The van der Waals surface area contributed by atoms with Gasteiger partial charge in [-0.3, -0.25) is 0 Å². The van der Waals surface area contributed by atoms with Crippen molar-refractivity contribution in [2.45, 2.75) is 13.3 Å². The Morgan fingerprint density at radius 2 is 2.08 bits per heavy atom. The normalized spacial score (nSPS) is 10.5. The fourth-order valence-corrected chi connectivity index (χ4v) is 1.69. The summed E-state index contributed by atoms with van der Waals surface area (Å²) in [6.07, 6.45) is 1.01. The van der Waals surface area contributed by atoms with Gasteiger partial charge < -0.3 is 9.47 Å². The van der Waals surface area contributed by atoms with E-state index in [2.05, 4.69) is 16.8 Å². The van der Waals surface area contributed by atoms with E-state index >= 15 is 0 Å². The van der Waals surface area contributed by atoms with Crippen molar-refractivity contribution in [1.82, 2.24) is 0 Å². The van der Waals surface area contributed by atoms with Crippen molar-refractivity contribution in [1.29, 1.82) is 0 Å². The van der Waals surface area contributed by atoms with Crippen LogP contribution in [0.1, 0.15) is 12.5 Å². The summed E-state index contributed by atoms with van der Waals surface area (Å²) < 4.78 is 10.5. The van der Waals surface area contributed by atoms with Crippen molar-refractivity contribution < 1.29 is 9.47 Å². The largest absolute Gasteiger partial charge is 0.379 e. The molecule has 0 atom stereocenters. The highest BCUT2D eigenvalue weighted by Gasteiger charge is 1.92. The molecular formula is C10H16O2S. The molecule has 0 aliphatic carbocycles. The molecule has 1 aromatic heterocycles. The lowest BCUT2D eigenvalue weighted by Gasteiger charge is -2.02. The van der Waals surface area contributed by atoms with Crippen molar-refractivity contribution in [2.24, 2.45) is 0 Å². The van der Waals surface area contributed by atoms with Crippen LogP contribution in [0.4, 0.5) is 0 Å². The fraction of sp³-hybridized carbons (Fsp3) is 0.600. The summed E-state index contributed by atoms with van der Waals surface area (Å²) in [6.45, 7) is 4.97. The number of rotatable bonds is 7. The number of ether oxygens (including phenoxy) is 2. The molecular weight excluding hydrogens is 184 g/mol. The molecule has 1 rings (SSSR count). The second-order valence-electron chi connectivity index (χ2n) is 2.69. The molecule has 13 heavy (non-hydrogen) atoms. The van der Waals surface area contributed by atoms with E-state index in [1.807, 2.05) is 6.92 Å². The average molecular weight is 200 g/mol. The van der Waals surface area contributed by atoms with Gasteiger partial charge in [0, 0.05) is 6.61 Å². The Bertz CT molecular complexity index is 197. The predicted molar refractivity (Wildman–Crippen MR) is 55.3 cm³/mol. The maximum Gasteiger partial charge on any atom is 0.0700 e. The fourth-order valence-electron chi connectivity index (χ4n) is 0.989. The molecule has 0 spiro atoms. The van der Waals surface area contributed by atoms with E-state index in [0.29, 0.717) is 13.2 Å². The molecule has 74 valence electrons. The maximum absolute atomic E-state index is 5.39. The summed E-state index contributed by atoms with van der Waals surface area (Å²) in [5.74, 6) is 0. The molecule has 0 unspecified atom stereocenters. The standard InChI is InChI=1S/C10H16O2S/c1-2-11-6-7-12-5-3-10-4-8-13-9-10/h4,8-9H,2-3,5-7H2,1H3. The van der Waals surface area contributed by atoms with Crippen LogP contribution in [-0.2, 0) is 15.9 Å². The van der Waals surface area contributed by atoms with E-state index < -0.39 is 0 Å². The first-order valence-corrected chi connectivity index (χ1v) is 5.54.